The molecule has 2 heterocycles. The molecule has 158 valence electrons. The molecule has 4 aromatic rings. The minimum absolute atomic E-state index is 0.119. The van der Waals surface area contributed by atoms with Gasteiger partial charge in [-0.05, 0) is 48.5 Å². The molecule has 0 spiro atoms. The topological polar surface area (TPSA) is 82.2 Å². The van der Waals surface area contributed by atoms with Gasteiger partial charge in [0.1, 0.15) is 12.4 Å². The van der Waals surface area contributed by atoms with Crippen molar-refractivity contribution in [2.75, 3.05) is 18.9 Å². The zero-order chi connectivity index (χ0) is 21.5. The molecule has 1 N–H and O–H groups in total. The van der Waals surface area contributed by atoms with Gasteiger partial charge in [0.2, 0.25) is 11.7 Å². The minimum Gasteiger partial charge on any atom is -0.492 e. The lowest BCUT2D eigenvalue weighted by Gasteiger charge is -2.10. The summed E-state index contributed by atoms with van der Waals surface area (Å²) in [5, 5.41) is 12.6. The van der Waals surface area contributed by atoms with Crippen LogP contribution in [0.1, 0.15) is 0 Å². The summed E-state index contributed by atoms with van der Waals surface area (Å²) in [6.45, 7) is 0.756. The number of hydrogen-bond donors (Lipinski definition) is 1. The highest BCUT2D eigenvalue weighted by atomic mass is 35.5. The Balaban J connectivity index is 1.35. The van der Waals surface area contributed by atoms with Gasteiger partial charge in [-0.2, -0.15) is 0 Å². The summed E-state index contributed by atoms with van der Waals surface area (Å²) < 4.78 is 13.0. The molecule has 4 rings (SSSR count). The molecular weight excluding hydrogens is 436 g/mol. The normalized spacial score (nSPS) is 10.7. The molecule has 0 radical (unpaired) electrons. The van der Waals surface area contributed by atoms with Crippen molar-refractivity contribution in [2.24, 2.45) is 0 Å². The molecular formula is C22H19ClN4O3S. The summed E-state index contributed by atoms with van der Waals surface area (Å²) in [6.07, 6.45) is 1.59. The number of carbonyl (C=O) groups excluding carboxylic acids is 1. The van der Waals surface area contributed by atoms with Crippen LogP contribution in [0.3, 0.4) is 0 Å². The SMILES string of the molecule is O=C(CSc1nnc(-c2ccco2)n1-c1ccccc1)NCCOc1ccc(Cl)cc1. The van der Waals surface area contributed by atoms with E-state index in [1.807, 2.05) is 41.0 Å². The Morgan fingerprint density at radius 1 is 1.06 bits per heavy atom. The van der Waals surface area contributed by atoms with Gasteiger partial charge in [-0.25, -0.2) is 0 Å². The van der Waals surface area contributed by atoms with E-state index in [1.54, 1.807) is 36.6 Å². The van der Waals surface area contributed by atoms with Crippen molar-refractivity contribution < 1.29 is 13.9 Å². The van der Waals surface area contributed by atoms with Gasteiger partial charge >= 0.3 is 0 Å². The van der Waals surface area contributed by atoms with Gasteiger partial charge in [-0.15, -0.1) is 10.2 Å². The van der Waals surface area contributed by atoms with E-state index in [4.69, 9.17) is 20.8 Å². The number of nitrogens with zero attached hydrogens (tertiary/aromatic N) is 3. The van der Waals surface area contributed by atoms with Gasteiger partial charge < -0.3 is 14.5 Å². The van der Waals surface area contributed by atoms with E-state index in [0.717, 1.165) is 5.69 Å². The van der Waals surface area contributed by atoms with Gasteiger partial charge in [-0.3, -0.25) is 9.36 Å². The predicted octanol–water partition coefficient (Wildman–Crippen LogP) is 4.47. The van der Waals surface area contributed by atoms with Crippen LogP contribution in [0.15, 0.2) is 82.6 Å². The summed E-state index contributed by atoms with van der Waals surface area (Å²) in [6, 6.07) is 20.4. The second-order valence-electron chi connectivity index (χ2n) is 6.40. The second-order valence-corrected chi connectivity index (χ2v) is 7.77. The maximum Gasteiger partial charge on any atom is 0.230 e. The largest absolute Gasteiger partial charge is 0.492 e. The summed E-state index contributed by atoms with van der Waals surface area (Å²) in [5.74, 6) is 1.97. The second kappa shape index (κ2) is 10.2. The van der Waals surface area contributed by atoms with E-state index in [1.165, 1.54) is 11.8 Å². The molecule has 0 saturated carbocycles. The molecule has 0 atom stereocenters. The zero-order valence-corrected chi connectivity index (χ0v) is 18.0. The Morgan fingerprint density at radius 2 is 1.87 bits per heavy atom. The van der Waals surface area contributed by atoms with Crippen molar-refractivity contribution in [2.45, 2.75) is 5.16 Å². The van der Waals surface area contributed by atoms with Crippen molar-refractivity contribution in [3.05, 3.63) is 78.0 Å². The fourth-order valence-corrected chi connectivity index (χ4v) is 3.72. The molecule has 7 nitrogen and oxygen atoms in total. The lowest BCUT2D eigenvalue weighted by molar-refractivity contribution is -0.118. The Kier molecular flexibility index (Phi) is 6.91. The van der Waals surface area contributed by atoms with Crippen LogP contribution in [0, 0.1) is 0 Å². The van der Waals surface area contributed by atoms with E-state index in [2.05, 4.69) is 15.5 Å². The molecule has 0 unspecified atom stereocenters. The maximum atomic E-state index is 12.3. The highest BCUT2D eigenvalue weighted by Gasteiger charge is 2.18. The number of para-hydroxylation sites is 1. The van der Waals surface area contributed by atoms with Crippen molar-refractivity contribution in [3.8, 4) is 23.0 Å². The molecule has 0 aliphatic heterocycles. The molecule has 0 aliphatic rings. The molecule has 0 saturated heterocycles. The number of hydrogen-bond acceptors (Lipinski definition) is 6. The summed E-state index contributed by atoms with van der Waals surface area (Å²) in [5.41, 5.74) is 0.887. The fourth-order valence-electron chi connectivity index (χ4n) is 2.81. The van der Waals surface area contributed by atoms with E-state index in [0.29, 0.717) is 40.7 Å². The number of furan rings is 1. The van der Waals surface area contributed by atoms with Crippen molar-refractivity contribution in [1.29, 1.82) is 0 Å². The van der Waals surface area contributed by atoms with Crippen LogP contribution in [0.2, 0.25) is 5.02 Å². The molecule has 0 bridgehead atoms. The van der Waals surface area contributed by atoms with Gasteiger partial charge in [0.25, 0.3) is 0 Å². The van der Waals surface area contributed by atoms with E-state index < -0.39 is 0 Å². The molecule has 0 aliphatic carbocycles. The number of halogens is 1. The average Bonchev–Trinajstić information content (AvgIpc) is 3.47. The van der Waals surface area contributed by atoms with Crippen molar-refractivity contribution in [1.82, 2.24) is 20.1 Å². The molecule has 31 heavy (non-hydrogen) atoms. The Hall–Kier alpha value is -3.23. The van der Waals surface area contributed by atoms with E-state index >= 15 is 0 Å². The molecule has 1 amide bonds. The highest BCUT2D eigenvalue weighted by Crippen LogP contribution is 2.28. The lowest BCUT2D eigenvalue weighted by Crippen LogP contribution is -2.29. The number of carbonyl (C=O) groups is 1. The first-order valence-corrected chi connectivity index (χ1v) is 10.9. The Labute approximate surface area is 188 Å². The van der Waals surface area contributed by atoms with Crippen molar-refractivity contribution in [3.63, 3.8) is 0 Å². The fraction of sp³-hybridized carbons (Fsp3) is 0.136. The number of thioether (sulfide) groups is 1. The van der Waals surface area contributed by atoms with Crippen LogP contribution in [0.4, 0.5) is 0 Å². The molecule has 0 fully saturated rings. The summed E-state index contributed by atoms with van der Waals surface area (Å²) >= 11 is 7.15. The molecule has 2 aromatic heterocycles. The third-order valence-corrected chi connectivity index (χ3v) is 5.41. The number of amides is 1. The van der Waals surface area contributed by atoms with Crippen molar-refractivity contribution >= 4 is 29.3 Å². The monoisotopic (exact) mass is 454 g/mol. The first kappa shape index (κ1) is 21.0. The van der Waals surface area contributed by atoms with Crippen LogP contribution >= 0.6 is 23.4 Å². The number of rotatable bonds is 9. The van der Waals surface area contributed by atoms with Gasteiger partial charge in [0.15, 0.2) is 10.9 Å². The van der Waals surface area contributed by atoms with Crippen LogP contribution in [-0.4, -0.2) is 39.6 Å². The Bertz CT molecular complexity index is 1120. The number of nitrogens with one attached hydrogen (secondary N) is 1. The van der Waals surface area contributed by atoms with E-state index in [-0.39, 0.29) is 11.7 Å². The third-order valence-electron chi connectivity index (χ3n) is 4.23. The lowest BCUT2D eigenvalue weighted by atomic mass is 10.3. The quantitative estimate of drug-likeness (QED) is 0.297. The third kappa shape index (κ3) is 5.48. The van der Waals surface area contributed by atoms with Crippen LogP contribution < -0.4 is 10.1 Å². The predicted molar refractivity (Wildman–Crippen MR) is 120 cm³/mol. The zero-order valence-electron chi connectivity index (χ0n) is 16.4. The highest BCUT2D eigenvalue weighted by molar-refractivity contribution is 7.99. The Morgan fingerprint density at radius 3 is 2.61 bits per heavy atom. The maximum absolute atomic E-state index is 12.3. The number of ether oxygens (including phenoxy) is 1. The average molecular weight is 455 g/mol. The van der Waals surface area contributed by atoms with Crippen LogP contribution in [0.25, 0.3) is 17.3 Å². The summed E-state index contributed by atoms with van der Waals surface area (Å²) in [7, 11) is 0. The van der Waals surface area contributed by atoms with Gasteiger partial charge in [-0.1, -0.05) is 41.6 Å². The number of benzene rings is 2. The minimum atomic E-state index is -0.119. The first-order chi connectivity index (χ1) is 15.2. The van der Waals surface area contributed by atoms with Gasteiger partial charge in [0, 0.05) is 10.7 Å². The summed E-state index contributed by atoms with van der Waals surface area (Å²) in [4.78, 5) is 12.3. The standard InChI is InChI=1S/C22H19ClN4O3S/c23-16-8-10-18(11-9-16)29-14-12-24-20(28)15-31-22-26-25-21(19-7-4-13-30-19)27(22)17-5-2-1-3-6-17/h1-11,13H,12,14-15H2,(H,24,28). The smallest absolute Gasteiger partial charge is 0.230 e. The van der Waals surface area contributed by atoms with Crippen LogP contribution in [-0.2, 0) is 4.79 Å². The van der Waals surface area contributed by atoms with E-state index in [9.17, 15) is 4.79 Å². The number of aromatic nitrogens is 3. The first-order valence-electron chi connectivity index (χ1n) is 9.53. The van der Waals surface area contributed by atoms with Gasteiger partial charge in [0.05, 0.1) is 18.6 Å². The molecule has 9 heteroatoms. The molecule has 2 aromatic carbocycles. The van der Waals surface area contributed by atoms with Crippen LogP contribution in [0.5, 0.6) is 5.75 Å².